The molecule has 0 bridgehead atoms. The fourth-order valence-electron chi connectivity index (χ4n) is 2.43. The van der Waals surface area contributed by atoms with E-state index in [0.717, 1.165) is 11.0 Å². The predicted octanol–water partition coefficient (Wildman–Crippen LogP) is 4.50. The van der Waals surface area contributed by atoms with E-state index in [-0.39, 0.29) is 5.82 Å². The summed E-state index contributed by atoms with van der Waals surface area (Å²) in [6.45, 7) is 4.52. The zero-order valence-electron chi connectivity index (χ0n) is 11.4. The van der Waals surface area contributed by atoms with Crippen LogP contribution in [0.4, 0.5) is 4.39 Å². The van der Waals surface area contributed by atoms with E-state index >= 15 is 0 Å². The largest absolute Gasteiger partial charge is 0.330 e. The highest BCUT2D eigenvalue weighted by Gasteiger charge is 2.08. The molecule has 1 aromatic heterocycles. The molecule has 0 atom stereocenters. The Balaban J connectivity index is 2.14. The lowest BCUT2D eigenvalue weighted by molar-refractivity contribution is 0.620. The van der Waals surface area contributed by atoms with Crippen molar-refractivity contribution in [2.45, 2.75) is 20.4 Å². The fourth-order valence-corrected chi connectivity index (χ4v) is 2.70. The Morgan fingerprint density at radius 1 is 1.20 bits per heavy atom. The third-order valence-corrected chi connectivity index (χ3v) is 3.80. The molecule has 0 fully saturated rings. The standard InChI is InChI=1S/C16H15FN2S/c1-10-4-3-5-12(6-10)9-19-15-7-11(2)13(17)8-14(15)18-16(19)20/h3-8H,9H2,1-2H3,(H,18,20). The predicted molar refractivity (Wildman–Crippen MR) is 82.1 cm³/mol. The van der Waals surface area contributed by atoms with Gasteiger partial charge in [0, 0.05) is 0 Å². The highest BCUT2D eigenvalue weighted by atomic mass is 32.1. The molecule has 3 rings (SSSR count). The third-order valence-electron chi connectivity index (χ3n) is 3.48. The van der Waals surface area contributed by atoms with Gasteiger partial charge in [0.25, 0.3) is 0 Å². The van der Waals surface area contributed by atoms with E-state index in [9.17, 15) is 4.39 Å². The molecule has 0 aliphatic carbocycles. The molecule has 2 aromatic carbocycles. The van der Waals surface area contributed by atoms with Gasteiger partial charge in [-0.3, -0.25) is 0 Å². The second-order valence-corrected chi connectivity index (χ2v) is 5.51. The number of halogens is 1. The van der Waals surface area contributed by atoms with E-state index in [4.69, 9.17) is 12.2 Å². The van der Waals surface area contributed by atoms with Gasteiger partial charge in [-0.25, -0.2) is 4.39 Å². The summed E-state index contributed by atoms with van der Waals surface area (Å²) in [5.41, 5.74) is 4.71. The number of aromatic nitrogens is 2. The van der Waals surface area contributed by atoms with Crippen LogP contribution in [0.5, 0.6) is 0 Å². The molecule has 1 heterocycles. The van der Waals surface area contributed by atoms with Gasteiger partial charge in [-0.05, 0) is 49.3 Å². The lowest BCUT2D eigenvalue weighted by Crippen LogP contribution is -2.00. The second-order valence-electron chi connectivity index (χ2n) is 5.12. The van der Waals surface area contributed by atoms with Crippen molar-refractivity contribution >= 4 is 23.3 Å². The number of imidazole rings is 1. The normalized spacial score (nSPS) is 11.2. The molecule has 0 saturated heterocycles. The highest BCUT2D eigenvalue weighted by Crippen LogP contribution is 2.20. The van der Waals surface area contributed by atoms with Crippen molar-refractivity contribution in [2.24, 2.45) is 0 Å². The van der Waals surface area contributed by atoms with Gasteiger partial charge >= 0.3 is 0 Å². The van der Waals surface area contributed by atoms with E-state index in [1.165, 1.54) is 17.2 Å². The zero-order chi connectivity index (χ0) is 14.3. The first-order valence-electron chi connectivity index (χ1n) is 6.49. The molecule has 0 amide bonds. The number of aromatic amines is 1. The molecular formula is C16H15FN2S. The van der Waals surface area contributed by atoms with Crippen LogP contribution in [0.1, 0.15) is 16.7 Å². The van der Waals surface area contributed by atoms with Crippen molar-refractivity contribution in [3.8, 4) is 0 Å². The van der Waals surface area contributed by atoms with Gasteiger partial charge in [0.15, 0.2) is 4.77 Å². The van der Waals surface area contributed by atoms with E-state index in [1.54, 1.807) is 6.92 Å². The monoisotopic (exact) mass is 286 g/mol. The molecule has 0 spiro atoms. The van der Waals surface area contributed by atoms with Crippen molar-refractivity contribution in [3.05, 3.63) is 63.7 Å². The lowest BCUT2D eigenvalue weighted by Gasteiger charge is -2.06. The van der Waals surface area contributed by atoms with Crippen LogP contribution in [0.25, 0.3) is 11.0 Å². The molecule has 20 heavy (non-hydrogen) atoms. The maximum atomic E-state index is 13.6. The summed E-state index contributed by atoms with van der Waals surface area (Å²) < 4.78 is 16.2. The number of hydrogen-bond acceptors (Lipinski definition) is 1. The van der Waals surface area contributed by atoms with Crippen LogP contribution in [0.15, 0.2) is 36.4 Å². The number of aryl methyl sites for hydroxylation is 2. The Hall–Kier alpha value is -1.94. The summed E-state index contributed by atoms with van der Waals surface area (Å²) in [5, 5.41) is 0. The Morgan fingerprint density at radius 3 is 2.75 bits per heavy atom. The van der Waals surface area contributed by atoms with E-state index in [0.29, 0.717) is 16.9 Å². The number of benzene rings is 2. The molecule has 0 aliphatic rings. The van der Waals surface area contributed by atoms with Crippen LogP contribution in [0.2, 0.25) is 0 Å². The van der Waals surface area contributed by atoms with Crippen LogP contribution in [-0.4, -0.2) is 9.55 Å². The van der Waals surface area contributed by atoms with Crippen LogP contribution < -0.4 is 0 Å². The number of nitrogens with zero attached hydrogens (tertiary/aromatic N) is 1. The summed E-state index contributed by atoms with van der Waals surface area (Å²) in [5.74, 6) is -0.212. The molecule has 0 saturated carbocycles. The average molecular weight is 286 g/mol. The number of rotatable bonds is 2. The summed E-state index contributed by atoms with van der Waals surface area (Å²) in [4.78, 5) is 3.07. The number of nitrogens with one attached hydrogen (secondary N) is 1. The summed E-state index contributed by atoms with van der Waals surface area (Å²) in [7, 11) is 0. The molecule has 0 radical (unpaired) electrons. The Labute approximate surface area is 121 Å². The smallest absolute Gasteiger partial charge is 0.178 e. The number of fused-ring (bicyclic) bond motifs is 1. The minimum absolute atomic E-state index is 0.212. The Kier molecular flexibility index (Phi) is 3.18. The van der Waals surface area contributed by atoms with Crippen LogP contribution in [0.3, 0.4) is 0 Å². The first kappa shape index (κ1) is 13.1. The van der Waals surface area contributed by atoms with Gasteiger partial charge in [-0.1, -0.05) is 29.8 Å². The fraction of sp³-hybridized carbons (Fsp3) is 0.188. The zero-order valence-corrected chi connectivity index (χ0v) is 12.2. The van der Waals surface area contributed by atoms with Crippen molar-refractivity contribution in [2.75, 3.05) is 0 Å². The topological polar surface area (TPSA) is 20.7 Å². The number of H-pyrrole nitrogens is 1. The van der Waals surface area contributed by atoms with Crippen LogP contribution in [0, 0.1) is 24.4 Å². The minimum atomic E-state index is -0.212. The van der Waals surface area contributed by atoms with Gasteiger partial charge in [-0.2, -0.15) is 0 Å². The molecule has 0 aliphatic heterocycles. The molecular weight excluding hydrogens is 271 g/mol. The number of hydrogen-bond donors (Lipinski definition) is 1. The quantitative estimate of drug-likeness (QED) is 0.688. The van der Waals surface area contributed by atoms with Crippen molar-refractivity contribution in [1.82, 2.24) is 9.55 Å². The average Bonchev–Trinajstić information content (AvgIpc) is 2.67. The molecule has 4 heteroatoms. The Morgan fingerprint density at radius 2 is 2.00 bits per heavy atom. The summed E-state index contributed by atoms with van der Waals surface area (Å²) in [6, 6.07) is 11.7. The molecule has 1 N–H and O–H groups in total. The van der Waals surface area contributed by atoms with E-state index in [1.807, 2.05) is 16.7 Å². The second kappa shape index (κ2) is 4.87. The van der Waals surface area contributed by atoms with Gasteiger partial charge < -0.3 is 9.55 Å². The van der Waals surface area contributed by atoms with Crippen molar-refractivity contribution in [3.63, 3.8) is 0 Å². The van der Waals surface area contributed by atoms with Crippen molar-refractivity contribution < 1.29 is 4.39 Å². The highest BCUT2D eigenvalue weighted by molar-refractivity contribution is 7.71. The Bertz CT molecular complexity index is 845. The molecule has 102 valence electrons. The summed E-state index contributed by atoms with van der Waals surface area (Å²) >= 11 is 5.36. The van der Waals surface area contributed by atoms with Gasteiger partial charge in [-0.15, -0.1) is 0 Å². The summed E-state index contributed by atoms with van der Waals surface area (Å²) in [6.07, 6.45) is 0. The minimum Gasteiger partial charge on any atom is -0.330 e. The maximum absolute atomic E-state index is 13.6. The third kappa shape index (κ3) is 2.27. The van der Waals surface area contributed by atoms with Crippen molar-refractivity contribution in [1.29, 1.82) is 0 Å². The van der Waals surface area contributed by atoms with Crippen LogP contribution in [-0.2, 0) is 6.54 Å². The SMILES string of the molecule is Cc1cccc(Cn2c(=S)[nH]c3cc(F)c(C)cc32)c1. The first-order valence-corrected chi connectivity index (χ1v) is 6.89. The first-order chi connectivity index (χ1) is 9.54. The van der Waals surface area contributed by atoms with E-state index in [2.05, 4.69) is 30.1 Å². The van der Waals surface area contributed by atoms with Gasteiger partial charge in [0.1, 0.15) is 5.82 Å². The van der Waals surface area contributed by atoms with Gasteiger partial charge in [0.05, 0.1) is 17.6 Å². The lowest BCUT2D eigenvalue weighted by atomic mass is 10.1. The molecule has 0 unspecified atom stereocenters. The molecule has 2 nitrogen and oxygen atoms in total. The maximum Gasteiger partial charge on any atom is 0.178 e. The van der Waals surface area contributed by atoms with Gasteiger partial charge in [0.2, 0.25) is 0 Å². The van der Waals surface area contributed by atoms with E-state index < -0.39 is 0 Å². The van der Waals surface area contributed by atoms with Crippen LogP contribution >= 0.6 is 12.2 Å². The molecule has 3 aromatic rings.